The first-order chi connectivity index (χ1) is 8.82. The quantitative estimate of drug-likeness (QED) is 0.568. The molecule has 19 heavy (non-hydrogen) atoms. The molecule has 0 amide bonds. The van der Waals surface area contributed by atoms with E-state index in [0.29, 0.717) is 6.42 Å². The molecule has 0 aromatic carbocycles. The van der Waals surface area contributed by atoms with Crippen molar-refractivity contribution in [1.82, 2.24) is 4.72 Å². The Labute approximate surface area is 113 Å². The van der Waals surface area contributed by atoms with Crippen LogP contribution in [0, 0.1) is 0 Å². The molecule has 0 radical (unpaired) electrons. The fraction of sp³-hybridized carbons (Fsp3) is 0.818. The number of ether oxygens (including phenoxy) is 1. The van der Waals surface area contributed by atoms with E-state index in [1.54, 1.807) is 0 Å². The molecule has 0 aromatic rings. The number of carbonyl (C=O) groups is 2. The van der Waals surface area contributed by atoms with Crippen molar-refractivity contribution >= 4 is 22.0 Å². The van der Waals surface area contributed by atoms with E-state index in [-0.39, 0.29) is 25.0 Å². The van der Waals surface area contributed by atoms with Crippen molar-refractivity contribution in [3.05, 3.63) is 0 Å². The van der Waals surface area contributed by atoms with Crippen molar-refractivity contribution in [3.63, 3.8) is 0 Å². The Morgan fingerprint density at radius 1 is 1.32 bits per heavy atom. The number of sulfonamides is 1. The van der Waals surface area contributed by atoms with E-state index < -0.39 is 28.0 Å². The Hall–Kier alpha value is -1.15. The Morgan fingerprint density at radius 2 is 1.95 bits per heavy atom. The number of hydrogen-bond acceptors (Lipinski definition) is 5. The molecule has 112 valence electrons. The minimum Gasteiger partial charge on any atom is -0.480 e. The number of rotatable bonds is 10. The molecule has 0 saturated carbocycles. The third-order valence-electron chi connectivity index (χ3n) is 2.49. The Morgan fingerprint density at radius 3 is 2.42 bits per heavy atom. The van der Waals surface area contributed by atoms with Crippen molar-refractivity contribution in [2.24, 2.45) is 0 Å². The zero-order valence-electron chi connectivity index (χ0n) is 11.2. The fourth-order valence-electron chi connectivity index (χ4n) is 1.43. The predicted molar refractivity (Wildman–Crippen MR) is 69.1 cm³/mol. The van der Waals surface area contributed by atoms with Gasteiger partial charge < -0.3 is 9.84 Å². The van der Waals surface area contributed by atoms with Gasteiger partial charge in [0.05, 0.1) is 12.9 Å². The number of methoxy groups -OCH3 is 1. The summed E-state index contributed by atoms with van der Waals surface area (Å²) in [6.45, 7) is 1.89. The third-order valence-corrected chi connectivity index (χ3v) is 3.96. The lowest BCUT2D eigenvalue weighted by Gasteiger charge is -2.14. The second-order valence-corrected chi connectivity index (χ2v) is 6.02. The minimum atomic E-state index is -3.70. The van der Waals surface area contributed by atoms with Gasteiger partial charge in [-0.2, -0.15) is 0 Å². The van der Waals surface area contributed by atoms with E-state index in [2.05, 4.69) is 9.46 Å². The first-order valence-electron chi connectivity index (χ1n) is 6.12. The van der Waals surface area contributed by atoms with Crippen LogP contribution < -0.4 is 4.72 Å². The highest BCUT2D eigenvalue weighted by Crippen LogP contribution is 2.04. The largest absolute Gasteiger partial charge is 0.480 e. The summed E-state index contributed by atoms with van der Waals surface area (Å²) in [7, 11) is -2.48. The molecular weight excluding hydrogens is 274 g/mol. The molecule has 0 rings (SSSR count). The lowest BCUT2D eigenvalue weighted by molar-refractivity contribution is -0.141. The maximum absolute atomic E-state index is 11.7. The SMILES string of the molecule is CCCCC(NS(=O)(=O)CCCC(=O)OC)C(=O)O. The molecule has 7 nitrogen and oxygen atoms in total. The molecular formula is C11H21NO6S. The van der Waals surface area contributed by atoms with Gasteiger partial charge in [0.2, 0.25) is 10.0 Å². The van der Waals surface area contributed by atoms with Crippen LogP contribution in [-0.2, 0) is 24.3 Å². The molecule has 0 saturated heterocycles. The summed E-state index contributed by atoms with van der Waals surface area (Å²) in [5, 5.41) is 8.91. The smallest absolute Gasteiger partial charge is 0.321 e. The lowest BCUT2D eigenvalue weighted by Crippen LogP contribution is -2.41. The van der Waals surface area contributed by atoms with Gasteiger partial charge in [0.25, 0.3) is 0 Å². The van der Waals surface area contributed by atoms with E-state index in [9.17, 15) is 18.0 Å². The molecule has 0 aromatic heterocycles. The Kier molecular flexibility index (Phi) is 8.33. The molecule has 0 aliphatic carbocycles. The normalized spacial score (nSPS) is 12.9. The van der Waals surface area contributed by atoms with Crippen LogP contribution in [0.15, 0.2) is 0 Å². The second kappa shape index (κ2) is 8.87. The summed E-state index contributed by atoms with van der Waals surface area (Å²) < 4.78 is 29.8. The molecule has 2 N–H and O–H groups in total. The highest BCUT2D eigenvalue weighted by Gasteiger charge is 2.23. The van der Waals surface area contributed by atoms with Crippen molar-refractivity contribution in [2.45, 2.75) is 45.1 Å². The van der Waals surface area contributed by atoms with Crippen molar-refractivity contribution < 1.29 is 27.9 Å². The Balaban J connectivity index is 4.31. The first kappa shape index (κ1) is 17.8. The van der Waals surface area contributed by atoms with Gasteiger partial charge in [-0.05, 0) is 12.8 Å². The molecule has 8 heteroatoms. The topological polar surface area (TPSA) is 110 Å². The van der Waals surface area contributed by atoms with E-state index >= 15 is 0 Å². The number of carboxylic acid groups (broad SMARTS) is 1. The zero-order valence-corrected chi connectivity index (χ0v) is 12.0. The van der Waals surface area contributed by atoms with Gasteiger partial charge in [0, 0.05) is 6.42 Å². The molecule has 0 aliphatic rings. The number of hydrogen-bond donors (Lipinski definition) is 2. The maximum atomic E-state index is 11.7. The fourth-order valence-corrected chi connectivity index (χ4v) is 2.72. The van der Waals surface area contributed by atoms with E-state index in [1.807, 2.05) is 6.92 Å². The average Bonchev–Trinajstić information content (AvgIpc) is 2.33. The molecule has 1 unspecified atom stereocenters. The van der Waals surface area contributed by atoms with Crippen molar-refractivity contribution in [3.8, 4) is 0 Å². The maximum Gasteiger partial charge on any atom is 0.321 e. The number of unbranched alkanes of at least 4 members (excludes halogenated alkanes) is 1. The van der Waals surface area contributed by atoms with Gasteiger partial charge in [-0.1, -0.05) is 19.8 Å². The highest BCUT2D eigenvalue weighted by molar-refractivity contribution is 7.89. The van der Waals surface area contributed by atoms with Crippen LogP contribution in [0.5, 0.6) is 0 Å². The van der Waals surface area contributed by atoms with Crippen LogP contribution in [0.2, 0.25) is 0 Å². The van der Waals surface area contributed by atoms with Crippen LogP contribution in [0.25, 0.3) is 0 Å². The average molecular weight is 295 g/mol. The van der Waals surface area contributed by atoms with E-state index in [4.69, 9.17) is 5.11 Å². The van der Waals surface area contributed by atoms with Crippen molar-refractivity contribution in [1.29, 1.82) is 0 Å². The van der Waals surface area contributed by atoms with Crippen LogP contribution in [0.3, 0.4) is 0 Å². The highest BCUT2D eigenvalue weighted by atomic mass is 32.2. The number of aliphatic carboxylic acids is 1. The van der Waals surface area contributed by atoms with Gasteiger partial charge >= 0.3 is 11.9 Å². The standard InChI is InChI=1S/C11H21NO6S/c1-3-4-6-9(11(14)15)12-19(16,17)8-5-7-10(13)18-2/h9,12H,3-8H2,1-2H3,(H,14,15). The summed E-state index contributed by atoms with van der Waals surface area (Å²) in [6, 6.07) is -1.11. The van der Waals surface area contributed by atoms with Gasteiger partial charge in [0.15, 0.2) is 0 Å². The van der Waals surface area contributed by atoms with E-state index in [1.165, 1.54) is 7.11 Å². The third kappa shape index (κ3) is 8.55. The zero-order chi connectivity index (χ0) is 14.9. The second-order valence-electron chi connectivity index (χ2n) is 4.15. The van der Waals surface area contributed by atoms with Gasteiger partial charge in [-0.25, -0.2) is 13.1 Å². The number of carboxylic acids is 1. The van der Waals surface area contributed by atoms with Gasteiger partial charge in [-0.3, -0.25) is 9.59 Å². The summed E-state index contributed by atoms with van der Waals surface area (Å²) >= 11 is 0. The van der Waals surface area contributed by atoms with Crippen LogP contribution in [0.1, 0.15) is 39.0 Å². The predicted octanol–water partition coefficient (Wildman–Crippen LogP) is 0.502. The monoisotopic (exact) mass is 295 g/mol. The number of nitrogens with one attached hydrogen (secondary N) is 1. The molecule has 0 heterocycles. The van der Waals surface area contributed by atoms with Crippen LogP contribution >= 0.6 is 0 Å². The van der Waals surface area contributed by atoms with Gasteiger partial charge in [-0.15, -0.1) is 0 Å². The minimum absolute atomic E-state index is 0.00981. The van der Waals surface area contributed by atoms with Crippen LogP contribution in [-0.4, -0.2) is 44.4 Å². The first-order valence-corrected chi connectivity index (χ1v) is 7.77. The Bertz CT molecular complexity index is 392. The number of esters is 1. The summed E-state index contributed by atoms with van der Waals surface area (Å²) in [5.41, 5.74) is 0. The molecule has 0 fully saturated rings. The molecule has 0 bridgehead atoms. The summed E-state index contributed by atoms with van der Waals surface area (Å²) in [5.74, 6) is -1.97. The molecule has 0 aliphatic heterocycles. The van der Waals surface area contributed by atoms with Crippen molar-refractivity contribution in [2.75, 3.05) is 12.9 Å². The van der Waals surface area contributed by atoms with Gasteiger partial charge in [0.1, 0.15) is 6.04 Å². The summed E-state index contributed by atoms with van der Waals surface area (Å²) in [6.07, 6.45) is 1.75. The van der Waals surface area contributed by atoms with Crippen LogP contribution in [0.4, 0.5) is 0 Å². The molecule has 0 spiro atoms. The molecule has 1 atom stereocenters. The lowest BCUT2D eigenvalue weighted by atomic mass is 10.1. The summed E-state index contributed by atoms with van der Waals surface area (Å²) in [4.78, 5) is 21.7. The number of carbonyl (C=O) groups excluding carboxylic acids is 1. The van der Waals surface area contributed by atoms with E-state index in [0.717, 1.165) is 6.42 Å².